The second kappa shape index (κ2) is 7.65. The van der Waals surface area contributed by atoms with Crippen LogP contribution in [0.1, 0.15) is 28.4 Å². The molecule has 3 aromatic rings. The largest absolute Gasteiger partial charge is 0.462 e. The Morgan fingerprint density at radius 2 is 1.76 bits per heavy atom. The van der Waals surface area contributed by atoms with Gasteiger partial charge < -0.3 is 9.30 Å². The fraction of sp³-hybridized carbons (Fsp3) is 0.200. The van der Waals surface area contributed by atoms with Gasteiger partial charge in [-0.3, -0.25) is 4.79 Å². The van der Waals surface area contributed by atoms with E-state index in [-0.39, 0.29) is 18.7 Å². The van der Waals surface area contributed by atoms with Gasteiger partial charge in [0.25, 0.3) is 0 Å². The van der Waals surface area contributed by atoms with Crippen molar-refractivity contribution in [3.05, 3.63) is 81.1 Å². The number of hydrogen-bond acceptors (Lipinski definition) is 3. The lowest BCUT2D eigenvalue weighted by atomic mass is 10.1. The Labute approximate surface area is 161 Å². The highest BCUT2D eigenvalue weighted by Gasteiger charge is 2.35. The minimum absolute atomic E-state index is 0.0321. The van der Waals surface area contributed by atoms with Gasteiger partial charge in [-0.25, -0.2) is 13.6 Å². The molecule has 0 aliphatic rings. The number of benzene rings is 2. The first-order valence-electron chi connectivity index (χ1n) is 8.47. The normalized spacial score (nSPS) is 11.7. The minimum Gasteiger partial charge on any atom is -0.462 e. The quantitative estimate of drug-likeness (QED) is 0.469. The van der Waals surface area contributed by atoms with Crippen LogP contribution >= 0.6 is 0 Å². The van der Waals surface area contributed by atoms with Crippen molar-refractivity contribution in [3.8, 4) is 0 Å². The van der Waals surface area contributed by atoms with Gasteiger partial charge >= 0.3 is 12.1 Å². The molecule has 0 amide bonds. The first-order valence-corrected chi connectivity index (χ1v) is 8.47. The summed E-state index contributed by atoms with van der Waals surface area (Å²) in [7, 11) is 0. The van der Waals surface area contributed by atoms with Gasteiger partial charge in [-0.15, -0.1) is 0 Å². The van der Waals surface area contributed by atoms with E-state index in [9.17, 15) is 31.5 Å². The van der Waals surface area contributed by atoms with Crippen molar-refractivity contribution in [2.45, 2.75) is 19.6 Å². The number of rotatable bonds is 4. The van der Waals surface area contributed by atoms with Crippen LogP contribution in [0.5, 0.6) is 0 Å². The van der Waals surface area contributed by atoms with E-state index in [0.717, 1.165) is 18.3 Å². The predicted molar refractivity (Wildman–Crippen MR) is 94.6 cm³/mol. The number of pyridine rings is 1. The van der Waals surface area contributed by atoms with Gasteiger partial charge in [0.05, 0.1) is 17.7 Å². The lowest BCUT2D eigenvalue weighted by Gasteiger charge is -2.16. The van der Waals surface area contributed by atoms with Crippen LogP contribution in [0.15, 0.2) is 47.4 Å². The smallest absolute Gasteiger partial charge is 0.419 e. The Morgan fingerprint density at radius 3 is 2.34 bits per heavy atom. The lowest BCUT2D eigenvalue weighted by Crippen LogP contribution is -2.22. The SMILES string of the molecule is CCOC(=O)c1cn(Cc2ccc(F)cc2)c2cc(C(F)(F)F)c(F)cc2c1=O. The fourth-order valence-electron chi connectivity index (χ4n) is 2.90. The third kappa shape index (κ3) is 4.13. The molecule has 0 N–H and O–H groups in total. The molecule has 0 spiro atoms. The van der Waals surface area contributed by atoms with Crippen LogP contribution in [0.4, 0.5) is 22.0 Å². The molecule has 152 valence electrons. The second-order valence-electron chi connectivity index (χ2n) is 6.19. The Kier molecular flexibility index (Phi) is 5.41. The molecule has 0 aliphatic carbocycles. The van der Waals surface area contributed by atoms with Crippen molar-refractivity contribution in [1.82, 2.24) is 4.57 Å². The number of alkyl halides is 3. The molecule has 0 radical (unpaired) electrons. The van der Waals surface area contributed by atoms with E-state index in [1.807, 2.05) is 0 Å². The number of nitrogens with zero attached hydrogens (tertiary/aromatic N) is 1. The van der Waals surface area contributed by atoms with E-state index in [1.54, 1.807) is 0 Å². The second-order valence-corrected chi connectivity index (χ2v) is 6.19. The van der Waals surface area contributed by atoms with Crippen LogP contribution in [0.3, 0.4) is 0 Å². The molecule has 0 saturated carbocycles. The maximum atomic E-state index is 14.1. The highest BCUT2D eigenvalue weighted by Crippen LogP contribution is 2.33. The summed E-state index contributed by atoms with van der Waals surface area (Å²) in [5.41, 5.74) is -2.66. The molecule has 9 heteroatoms. The highest BCUT2D eigenvalue weighted by atomic mass is 19.4. The van der Waals surface area contributed by atoms with E-state index >= 15 is 0 Å². The average Bonchev–Trinajstić information content (AvgIpc) is 2.64. The van der Waals surface area contributed by atoms with E-state index < -0.39 is 45.7 Å². The Balaban J connectivity index is 2.29. The molecule has 0 bridgehead atoms. The van der Waals surface area contributed by atoms with Gasteiger partial charge in [-0.1, -0.05) is 12.1 Å². The number of hydrogen-bond donors (Lipinski definition) is 0. The van der Waals surface area contributed by atoms with Crippen molar-refractivity contribution in [1.29, 1.82) is 0 Å². The zero-order valence-electron chi connectivity index (χ0n) is 15.0. The first kappa shape index (κ1) is 20.5. The highest BCUT2D eigenvalue weighted by molar-refractivity contribution is 5.94. The summed E-state index contributed by atoms with van der Waals surface area (Å²) in [6, 6.07) is 6.10. The van der Waals surface area contributed by atoms with Crippen LogP contribution in [-0.2, 0) is 17.5 Å². The lowest BCUT2D eigenvalue weighted by molar-refractivity contribution is -0.139. The van der Waals surface area contributed by atoms with E-state index in [4.69, 9.17) is 4.74 Å². The fourth-order valence-corrected chi connectivity index (χ4v) is 2.90. The number of fused-ring (bicyclic) bond motifs is 1. The summed E-state index contributed by atoms with van der Waals surface area (Å²) in [6.45, 7) is 1.40. The van der Waals surface area contributed by atoms with Crippen LogP contribution in [0.2, 0.25) is 0 Å². The zero-order valence-corrected chi connectivity index (χ0v) is 15.0. The molecule has 1 heterocycles. The van der Waals surface area contributed by atoms with Gasteiger partial charge in [0, 0.05) is 18.1 Å². The van der Waals surface area contributed by atoms with Gasteiger partial charge in [0.2, 0.25) is 5.43 Å². The molecule has 0 saturated heterocycles. The minimum atomic E-state index is -4.98. The molecule has 0 atom stereocenters. The number of carbonyl (C=O) groups excluding carboxylic acids is 1. The third-order valence-corrected chi connectivity index (χ3v) is 4.24. The average molecular weight is 411 g/mol. The van der Waals surface area contributed by atoms with Crippen molar-refractivity contribution < 1.29 is 31.5 Å². The monoisotopic (exact) mass is 411 g/mol. The van der Waals surface area contributed by atoms with Gasteiger partial charge in [0.1, 0.15) is 17.2 Å². The van der Waals surface area contributed by atoms with Crippen molar-refractivity contribution >= 4 is 16.9 Å². The van der Waals surface area contributed by atoms with Gasteiger partial charge in [0.15, 0.2) is 0 Å². The molecule has 0 unspecified atom stereocenters. The Hall–Kier alpha value is -3.23. The number of halogens is 5. The summed E-state index contributed by atoms with van der Waals surface area (Å²) in [6.07, 6.45) is -3.92. The number of carbonyl (C=O) groups is 1. The Bertz CT molecular complexity index is 1130. The summed E-state index contributed by atoms with van der Waals surface area (Å²) >= 11 is 0. The maximum absolute atomic E-state index is 14.1. The molecule has 2 aromatic carbocycles. The number of ether oxygens (including phenoxy) is 1. The van der Waals surface area contributed by atoms with Crippen molar-refractivity contribution in [2.24, 2.45) is 0 Å². The summed E-state index contributed by atoms with van der Waals surface area (Å²) in [5, 5.41) is -0.400. The molecule has 0 aliphatic heterocycles. The number of esters is 1. The van der Waals surface area contributed by atoms with E-state index in [2.05, 4.69) is 0 Å². The third-order valence-electron chi connectivity index (χ3n) is 4.24. The van der Waals surface area contributed by atoms with E-state index in [0.29, 0.717) is 17.7 Å². The number of aromatic nitrogens is 1. The van der Waals surface area contributed by atoms with E-state index in [1.165, 1.54) is 23.6 Å². The molecule has 0 fully saturated rings. The predicted octanol–water partition coefficient (Wildman–Crippen LogP) is 4.52. The summed E-state index contributed by atoms with van der Waals surface area (Å²) in [4.78, 5) is 24.7. The summed E-state index contributed by atoms with van der Waals surface area (Å²) < 4.78 is 72.6. The topological polar surface area (TPSA) is 48.3 Å². The van der Waals surface area contributed by atoms with Gasteiger partial charge in [-0.2, -0.15) is 13.2 Å². The van der Waals surface area contributed by atoms with Crippen molar-refractivity contribution in [2.75, 3.05) is 6.61 Å². The maximum Gasteiger partial charge on any atom is 0.419 e. The van der Waals surface area contributed by atoms with Crippen LogP contribution < -0.4 is 5.43 Å². The van der Waals surface area contributed by atoms with Crippen LogP contribution in [0.25, 0.3) is 10.9 Å². The Morgan fingerprint density at radius 1 is 1.10 bits per heavy atom. The van der Waals surface area contributed by atoms with Crippen LogP contribution in [0, 0.1) is 11.6 Å². The van der Waals surface area contributed by atoms with Gasteiger partial charge in [-0.05, 0) is 36.8 Å². The molecule has 29 heavy (non-hydrogen) atoms. The van der Waals surface area contributed by atoms with Crippen molar-refractivity contribution in [3.63, 3.8) is 0 Å². The molecule has 3 rings (SSSR count). The molecule has 4 nitrogen and oxygen atoms in total. The first-order chi connectivity index (χ1) is 13.6. The molecular formula is C20H14F5NO3. The molecule has 1 aromatic heterocycles. The summed E-state index contributed by atoms with van der Waals surface area (Å²) in [5.74, 6) is -3.11. The van der Waals surface area contributed by atoms with Crippen LogP contribution in [-0.4, -0.2) is 17.1 Å². The molecular weight excluding hydrogens is 397 g/mol. The zero-order chi connectivity index (χ0) is 21.3. The standard InChI is InChI=1S/C20H14F5NO3/c1-2-29-19(28)14-10-26(9-11-3-5-12(21)6-4-11)17-8-15(20(23,24)25)16(22)7-13(17)18(14)27/h3-8,10H,2,9H2,1H3.